The van der Waals surface area contributed by atoms with Crippen molar-refractivity contribution in [2.24, 2.45) is 0 Å². The number of anilines is 2. The number of carbonyl (C=O) groups is 1. The van der Waals surface area contributed by atoms with Crippen LogP contribution >= 0.6 is 0 Å². The maximum atomic E-state index is 11.7. The summed E-state index contributed by atoms with van der Waals surface area (Å²) in [6.45, 7) is 2.80. The highest BCUT2D eigenvalue weighted by Gasteiger charge is 2.26. The van der Waals surface area contributed by atoms with E-state index in [1.807, 2.05) is 36.4 Å². The van der Waals surface area contributed by atoms with E-state index in [9.17, 15) is 20.0 Å². The van der Waals surface area contributed by atoms with E-state index in [4.69, 9.17) is 9.47 Å². The summed E-state index contributed by atoms with van der Waals surface area (Å²) >= 11 is 0. The molecule has 0 spiro atoms. The molecule has 0 atom stereocenters. The number of ether oxygens (including phenoxy) is 2. The largest absolute Gasteiger partial charge is 0.494 e. The fourth-order valence-corrected chi connectivity index (χ4v) is 3.53. The van der Waals surface area contributed by atoms with E-state index in [2.05, 4.69) is 12.2 Å². The molecule has 0 aliphatic carbocycles. The molecule has 0 aromatic heterocycles. The fraction of sp³-hybridized carbons (Fsp3) is 0.208. The van der Waals surface area contributed by atoms with Gasteiger partial charge in [0.2, 0.25) is 0 Å². The fourth-order valence-electron chi connectivity index (χ4n) is 3.53. The summed E-state index contributed by atoms with van der Waals surface area (Å²) in [4.78, 5) is 22.2. The van der Waals surface area contributed by atoms with Crippen molar-refractivity contribution in [1.29, 1.82) is 0 Å². The van der Waals surface area contributed by atoms with Crippen molar-refractivity contribution >= 4 is 23.0 Å². The van der Waals surface area contributed by atoms with Crippen LogP contribution < -0.4 is 14.8 Å². The molecule has 3 aromatic rings. The number of hydrogen-bond donors (Lipinski definition) is 2. The SMILES string of the molecule is CCCCOc1cccc(Cc2ccc3c(c2)Nc2c(cc([N+](=O)[O-])cc2C(=O)O)O3)c1. The zero-order valence-corrected chi connectivity index (χ0v) is 17.5. The molecule has 0 saturated heterocycles. The molecule has 2 N–H and O–H groups in total. The molecule has 1 aliphatic heterocycles. The molecule has 1 heterocycles. The summed E-state index contributed by atoms with van der Waals surface area (Å²) in [6.07, 6.45) is 2.73. The predicted molar refractivity (Wildman–Crippen MR) is 120 cm³/mol. The van der Waals surface area contributed by atoms with E-state index in [0.29, 0.717) is 24.5 Å². The molecular formula is C24H22N2O6. The summed E-state index contributed by atoms with van der Waals surface area (Å²) in [7, 11) is 0. The Hall–Kier alpha value is -4.07. The van der Waals surface area contributed by atoms with Crippen LogP contribution in [0.2, 0.25) is 0 Å². The van der Waals surface area contributed by atoms with E-state index in [0.717, 1.165) is 35.8 Å². The first kappa shape index (κ1) is 21.2. The number of nitrogens with one attached hydrogen (secondary N) is 1. The number of carboxylic acids is 1. The number of fused-ring (bicyclic) bond motifs is 2. The van der Waals surface area contributed by atoms with Gasteiger partial charge < -0.3 is 19.9 Å². The molecule has 8 nitrogen and oxygen atoms in total. The average Bonchev–Trinajstić information content (AvgIpc) is 2.77. The number of rotatable bonds is 8. The normalized spacial score (nSPS) is 11.5. The van der Waals surface area contributed by atoms with Crippen molar-refractivity contribution < 1.29 is 24.3 Å². The monoisotopic (exact) mass is 434 g/mol. The number of nitrogens with zero attached hydrogens (tertiary/aromatic N) is 1. The molecular weight excluding hydrogens is 412 g/mol. The number of non-ortho nitro benzene ring substituents is 1. The topological polar surface area (TPSA) is 111 Å². The molecule has 0 saturated carbocycles. The lowest BCUT2D eigenvalue weighted by Crippen LogP contribution is -2.10. The number of aromatic carboxylic acids is 1. The van der Waals surface area contributed by atoms with E-state index >= 15 is 0 Å². The number of benzene rings is 3. The Kier molecular flexibility index (Phi) is 5.93. The smallest absolute Gasteiger partial charge is 0.338 e. The molecule has 0 radical (unpaired) electrons. The predicted octanol–water partition coefficient (Wildman–Crippen LogP) is 5.91. The van der Waals surface area contributed by atoms with Gasteiger partial charge in [-0.1, -0.05) is 31.5 Å². The van der Waals surface area contributed by atoms with Gasteiger partial charge in [0.15, 0.2) is 11.5 Å². The Labute approximate surface area is 184 Å². The number of nitro groups is 1. The van der Waals surface area contributed by atoms with Crippen LogP contribution in [0.15, 0.2) is 54.6 Å². The molecule has 32 heavy (non-hydrogen) atoms. The van der Waals surface area contributed by atoms with Crippen LogP contribution in [0.5, 0.6) is 17.2 Å². The second-order valence-corrected chi connectivity index (χ2v) is 7.51. The van der Waals surface area contributed by atoms with Crippen LogP contribution in [0.1, 0.15) is 41.3 Å². The summed E-state index contributed by atoms with van der Waals surface area (Å²) in [6, 6.07) is 15.7. The number of hydrogen-bond acceptors (Lipinski definition) is 6. The molecule has 4 rings (SSSR count). The van der Waals surface area contributed by atoms with Crippen molar-refractivity contribution in [3.63, 3.8) is 0 Å². The van der Waals surface area contributed by atoms with Crippen LogP contribution in [0.4, 0.5) is 17.1 Å². The zero-order valence-electron chi connectivity index (χ0n) is 17.5. The molecule has 0 amide bonds. The van der Waals surface area contributed by atoms with Crippen molar-refractivity contribution in [3.8, 4) is 17.2 Å². The third-order valence-corrected chi connectivity index (χ3v) is 5.13. The highest BCUT2D eigenvalue weighted by atomic mass is 16.6. The van der Waals surface area contributed by atoms with E-state index in [1.165, 1.54) is 6.07 Å². The van der Waals surface area contributed by atoms with Gasteiger partial charge in [0.05, 0.1) is 34.5 Å². The Balaban J connectivity index is 1.58. The van der Waals surface area contributed by atoms with Crippen molar-refractivity contribution in [2.75, 3.05) is 11.9 Å². The van der Waals surface area contributed by atoms with Crippen LogP contribution in [0.25, 0.3) is 0 Å². The van der Waals surface area contributed by atoms with Gasteiger partial charge in [-0.25, -0.2) is 4.79 Å². The van der Waals surface area contributed by atoms with Gasteiger partial charge >= 0.3 is 5.97 Å². The van der Waals surface area contributed by atoms with Gasteiger partial charge in [-0.3, -0.25) is 10.1 Å². The maximum Gasteiger partial charge on any atom is 0.338 e. The number of unbranched alkanes of at least 4 members (excludes halogenated alkanes) is 1. The first-order valence-electron chi connectivity index (χ1n) is 10.3. The van der Waals surface area contributed by atoms with Gasteiger partial charge in [0.25, 0.3) is 5.69 Å². The van der Waals surface area contributed by atoms with Gasteiger partial charge in [-0.15, -0.1) is 0 Å². The second kappa shape index (κ2) is 8.97. The van der Waals surface area contributed by atoms with Gasteiger partial charge in [-0.2, -0.15) is 0 Å². The molecule has 3 aromatic carbocycles. The van der Waals surface area contributed by atoms with Crippen LogP contribution in [-0.2, 0) is 6.42 Å². The van der Waals surface area contributed by atoms with Gasteiger partial charge in [0, 0.05) is 6.07 Å². The van der Waals surface area contributed by atoms with Crippen molar-refractivity contribution in [2.45, 2.75) is 26.2 Å². The highest BCUT2D eigenvalue weighted by Crippen LogP contribution is 2.45. The quantitative estimate of drug-likeness (QED) is 0.201. The molecule has 0 fully saturated rings. The Morgan fingerprint density at radius 3 is 2.69 bits per heavy atom. The van der Waals surface area contributed by atoms with Crippen LogP contribution in [0.3, 0.4) is 0 Å². The standard InChI is InChI=1S/C24H22N2O6/c1-2-3-9-31-18-6-4-5-15(11-18)10-16-7-8-21-20(12-16)25-23-19(24(27)28)13-17(26(29)30)14-22(23)32-21/h4-8,11-14,25H,2-3,9-10H2,1H3,(H,27,28). The summed E-state index contributed by atoms with van der Waals surface area (Å²) in [5, 5.41) is 23.7. The lowest BCUT2D eigenvalue weighted by Gasteiger charge is -2.23. The second-order valence-electron chi connectivity index (χ2n) is 7.51. The van der Waals surface area contributed by atoms with Crippen molar-refractivity contribution in [1.82, 2.24) is 0 Å². The minimum atomic E-state index is -1.28. The highest BCUT2D eigenvalue weighted by molar-refractivity contribution is 5.99. The Morgan fingerprint density at radius 1 is 1.12 bits per heavy atom. The minimum Gasteiger partial charge on any atom is -0.494 e. The molecule has 164 valence electrons. The summed E-state index contributed by atoms with van der Waals surface area (Å²) in [5.41, 5.74) is 2.30. The first-order valence-corrected chi connectivity index (χ1v) is 10.3. The molecule has 0 bridgehead atoms. The number of carboxylic acid groups (broad SMARTS) is 1. The van der Waals surface area contributed by atoms with Crippen LogP contribution in [0, 0.1) is 10.1 Å². The van der Waals surface area contributed by atoms with Crippen molar-refractivity contribution in [3.05, 3.63) is 81.4 Å². The lowest BCUT2D eigenvalue weighted by atomic mass is 10.0. The molecule has 8 heteroatoms. The van der Waals surface area contributed by atoms with E-state index in [-0.39, 0.29) is 22.7 Å². The average molecular weight is 434 g/mol. The Bertz CT molecular complexity index is 1190. The van der Waals surface area contributed by atoms with Crippen LogP contribution in [-0.4, -0.2) is 22.6 Å². The van der Waals surface area contributed by atoms with Gasteiger partial charge in [-0.05, 0) is 48.2 Å². The lowest BCUT2D eigenvalue weighted by molar-refractivity contribution is -0.384. The summed E-state index contributed by atoms with van der Waals surface area (Å²) < 4.78 is 11.6. The molecule has 0 unspecified atom stereocenters. The molecule has 1 aliphatic rings. The summed E-state index contributed by atoms with van der Waals surface area (Å²) in [5.74, 6) is 0.126. The number of nitro benzene ring substituents is 1. The maximum absolute atomic E-state index is 11.7. The van der Waals surface area contributed by atoms with E-state index in [1.54, 1.807) is 6.07 Å². The third kappa shape index (κ3) is 4.49. The minimum absolute atomic E-state index is 0.105. The van der Waals surface area contributed by atoms with E-state index < -0.39 is 10.9 Å². The first-order chi connectivity index (χ1) is 15.4. The van der Waals surface area contributed by atoms with Gasteiger partial charge in [0.1, 0.15) is 5.75 Å². The Morgan fingerprint density at radius 2 is 1.94 bits per heavy atom. The third-order valence-electron chi connectivity index (χ3n) is 5.13. The zero-order chi connectivity index (χ0) is 22.7.